The van der Waals surface area contributed by atoms with Gasteiger partial charge in [0.1, 0.15) is 11.5 Å². The van der Waals surface area contributed by atoms with E-state index in [1.54, 1.807) is 0 Å². The monoisotopic (exact) mass is 384 g/mol. The van der Waals surface area contributed by atoms with Gasteiger partial charge in [0.25, 0.3) is 0 Å². The largest absolute Gasteiger partial charge is 0.494 e. The van der Waals surface area contributed by atoms with E-state index in [2.05, 4.69) is 0 Å². The summed E-state index contributed by atoms with van der Waals surface area (Å²) in [6, 6.07) is 11.8. The van der Waals surface area contributed by atoms with Crippen LogP contribution in [0.2, 0.25) is 0 Å². The Hall–Kier alpha value is -2.36. The Bertz CT molecular complexity index is 716. The average Bonchev–Trinajstić information content (AvgIpc) is 2.68. The molecular formula is C24H36N2O2. The second-order valence-electron chi connectivity index (χ2n) is 7.53. The van der Waals surface area contributed by atoms with E-state index in [1.165, 1.54) is 38.5 Å². The molecule has 4 heteroatoms. The molecule has 0 saturated heterocycles. The SMILES string of the molecule is Cc1cc(OCCCCCCCCCCOc2cccc(C)c2N)ccc1N. The lowest BCUT2D eigenvalue weighted by Gasteiger charge is -2.10. The van der Waals surface area contributed by atoms with E-state index >= 15 is 0 Å². The number of para-hydroxylation sites is 1. The highest BCUT2D eigenvalue weighted by molar-refractivity contribution is 5.57. The van der Waals surface area contributed by atoms with Gasteiger partial charge in [0.05, 0.1) is 18.9 Å². The molecule has 0 heterocycles. The number of anilines is 2. The van der Waals surface area contributed by atoms with Gasteiger partial charge < -0.3 is 20.9 Å². The standard InChI is InChI=1S/C24H36N2O2/c1-19-12-11-13-23(24(19)26)28-17-10-8-6-4-3-5-7-9-16-27-21-14-15-22(25)20(2)18-21/h11-15,18H,3-10,16-17,25-26H2,1-2H3. The van der Waals surface area contributed by atoms with Crippen LogP contribution in [0, 0.1) is 13.8 Å². The molecule has 2 aromatic rings. The van der Waals surface area contributed by atoms with Gasteiger partial charge in [0.15, 0.2) is 0 Å². The summed E-state index contributed by atoms with van der Waals surface area (Å²) >= 11 is 0. The second-order valence-corrected chi connectivity index (χ2v) is 7.53. The highest BCUT2D eigenvalue weighted by atomic mass is 16.5. The number of unbranched alkanes of at least 4 members (excludes halogenated alkanes) is 7. The summed E-state index contributed by atoms with van der Waals surface area (Å²) in [6.07, 6.45) is 9.78. The quantitative estimate of drug-likeness (QED) is 0.326. The van der Waals surface area contributed by atoms with Crippen LogP contribution < -0.4 is 20.9 Å². The molecule has 0 atom stereocenters. The Morgan fingerprint density at radius 1 is 0.679 bits per heavy atom. The van der Waals surface area contributed by atoms with Gasteiger partial charge in [-0.1, -0.05) is 50.7 Å². The molecule has 0 bridgehead atoms. The van der Waals surface area contributed by atoms with Crippen molar-refractivity contribution in [2.45, 2.75) is 65.2 Å². The Morgan fingerprint density at radius 2 is 1.29 bits per heavy atom. The van der Waals surface area contributed by atoms with E-state index in [4.69, 9.17) is 20.9 Å². The van der Waals surface area contributed by atoms with Crippen molar-refractivity contribution in [2.75, 3.05) is 24.7 Å². The predicted octanol–water partition coefficient (Wildman–Crippen LogP) is 6.05. The van der Waals surface area contributed by atoms with E-state index in [-0.39, 0.29) is 0 Å². The van der Waals surface area contributed by atoms with Crippen molar-refractivity contribution in [1.29, 1.82) is 0 Å². The Morgan fingerprint density at radius 3 is 1.93 bits per heavy atom. The molecule has 0 saturated carbocycles. The summed E-state index contributed by atoms with van der Waals surface area (Å²) in [5, 5.41) is 0. The van der Waals surface area contributed by atoms with Crippen LogP contribution in [-0.2, 0) is 0 Å². The molecule has 2 aromatic carbocycles. The molecule has 2 rings (SSSR count). The zero-order valence-corrected chi connectivity index (χ0v) is 17.5. The molecule has 0 aliphatic carbocycles. The van der Waals surface area contributed by atoms with Gasteiger partial charge in [-0.05, 0) is 62.1 Å². The smallest absolute Gasteiger partial charge is 0.142 e. The zero-order chi connectivity index (χ0) is 20.2. The maximum absolute atomic E-state index is 6.02. The molecule has 4 nitrogen and oxygen atoms in total. The maximum Gasteiger partial charge on any atom is 0.142 e. The normalized spacial score (nSPS) is 10.8. The van der Waals surface area contributed by atoms with Gasteiger partial charge in [0, 0.05) is 5.69 Å². The molecule has 0 spiro atoms. The number of nitrogens with two attached hydrogens (primary N) is 2. The van der Waals surface area contributed by atoms with Crippen LogP contribution in [0.4, 0.5) is 11.4 Å². The van der Waals surface area contributed by atoms with Gasteiger partial charge in [-0.25, -0.2) is 0 Å². The fourth-order valence-electron chi connectivity index (χ4n) is 3.15. The van der Waals surface area contributed by atoms with Crippen LogP contribution in [0.1, 0.15) is 62.5 Å². The van der Waals surface area contributed by atoms with Crippen molar-refractivity contribution in [3.63, 3.8) is 0 Å². The fourth-order valence-corrected chi connectivity index (χ4v) is 3.15. The highest BCUT2D eigenvalue weighted by Crippen LogP contribution is 2.24. The van der Waals surface area contributed by atoms with Crippen molar-refractivity contribution < 1.29 is 9.47 Å². The summed E-state index contributed by atoms with van der Waals surface area (Å²) in [6.45, 7) is 5.54. The molecule has 0 unspecified atom stereocenters. The van der Waals surface area contributed by atoms with Crippen LogP contribution in [0.25, 0.3) is 0 Å². The number of benzene rings is 2. The lowest BCUT2D eigenvalue weighted by molar-refractivity contribution is 0.301. The lowest BCUT2D eigenvalue weighted by atomic mass is 10.1. The fraction of sp³-hybridized carbons (Fsp3) is 0.500. The molecule has 0 aliphatic rings. The number of hydrogen-bond acceptors (Lipinski definition) is 4. The number of nitrogen functional groups attached to an aromatic ring is 2. The van der Waals surface area contributed by atoms with Crippen LogP contribution in [0.5, 0.6) is 11.5 Å². The van der Waals surface area contributed by atoms with Crippen molar-refractivity contribution in [3.8, 4) is 11.5 Å². The summed E-state index contributed by atoms with van der Waals surface area (Å²) in [5.74, 6) is 1.73. The average molecular weight is 385 g/mol. The molecule has 0 fully saturated rings. The van der Waals surface area contributed by atoms with E-state index in [1.807, 2.05) is 50.2 Å². The first-order valence-corrected chi connectivity index (χ1v) is 10.5. The molecular weight excluding hydrogens is 348 g/mol. The van der Waals surface area contributed by atoms with Crippen molar-refractivity contribution in [2.24, 2.45) is 0 Å². The Kier molecular flexibility index (Phi) is 9.53. The highest BCUT2D eigenvalue weighted by Gasteiger charge is 2.02. The third kappa shape index (κ3) is 7.71. The van der Waals surface area contributed by atoms with Crippen molar-refractivity contribution in [3.05, 3.63) is 47.5 Å². The minimum atomic E-state index is 0.746. The van der Waals surface area contributed by atoms with E-state index in [0.29, 0.717) is 0 Å². The van der Waals surface area contributed by atoms with E-state index in [0.717, 1.165) is 60.1 Å². The summed E-state index contributed by atoms with van der Waals surface area (Å²) in [5.41, 5.74) is 15.6. The number of ether oxygens (including phenoxy) is 2. The minimum Gasteiger partial charge on any atom is -0.494 e. The summed E-state index contributed by atoms with van der Waals surface area (Å²) < 4.78 is 11.6. The van der Waals surface area contributed by atoms with Gasteiger partial charge in [-0.15, -0.1) is 0 Å². The third-order valence-corrected chi connectivity index (χ3v) is 5.09. The predicted molar refractivity (Wildman–Crippen MR) is 119 cm³/mol. The second kappa shape index (κ2) is 12.2. The van der Waals surface area contributed by atoms with Gasteiger partial charge in [0.2, 0.25) is 0 Å². The molecule has 28 heavy (non-hydrogen) atoms. The summed E-state index contributed by atoms with van der Waals surface area (Å²) in [4.78, 5) is 0. The van der Waals surface area contributed by atoms with Crippen LogP contribution >= 0.6 is 0 Å². The third-order valence-electron chi connectivity index (χ3n) is 5.09. The molecule has 154 valence electrons. The molecule has 0 radical (unpaired) electrons. The number of aryl methyl sites for hydroxylation is 2. The first kappa shape index (κ1) is 21.9. The Balaban J connectivity index is 1.40. The molecule has 0 amide bonds. The lowest BCUT2D eigenvalue weighted by Crippen LogP contribution is -2.01. The number of rotatable bonds is 13. The topological polar surface area (TPSA) is 70.5 Å². The minimum absolute atomic E-state index is 0.746. The maximum atomic E-state index is 6.02. The van der Waals surface area contributed by atoms with E-state index in [9.17, 15) is 0 Å². The van der Waals surface area contributed by atoms with Crippen molar-refractivity contribution >= 4 is 11.4 Å². The first-order valence-electron chi connectivity index (χ1n) is 10.5. The van der Waals surface area contributed by atoms with Crippen LogP contribution in [0.15, 0.2) is 36.4 Å². The van der Waals surface area contributed by atoms with Crippen molar-refractivity contribution in [1.82, 2.24) is 0 Å². The molecule has 0 aromatic heterocycles. The van der Waals surface area contributed by atoms with Gasteiger partial charge in [-0.2, -0.15) is 0 Å². The molecule has 4 N–H and O–H groups in total. The first-order chi connectivity index (χ1) is 13.6. The van der Waals surface area contributed by atoms with Gasteiger partial charge >= 0.3 is 0 Å². The molecule has 0 aliphatic heterocycles. The zero-order valence-electron chi connectivity index (χ0n) is 17.5. The summed E-state index contributed by atoms with van der Waals surface area (Å²) in [7, 11) is 0. The van der Waals surface area contributed by atoms with Crippen LogP contribution in [0.3, 0.4) is 0 Å². The van der Waals surface area contributed by atoms with Crippen LogP contribution in [-0.4, -0.2) is 13.2 Å². The Labute approximate surface area is 170 Å². The van der Waals surface area contributed by atoms with Gasteiger partial charge in [-0.3, -0.25) is 0 Å². The number of hydrogen-bond donors (Lipinski definition) is 2. The van der Waals surface area contributed by atoms with E-state index < -0.39 is 0 Å².